The molecular formula is C12H12F4N2O. The third-order valence-corrected chi connectivity index (χ3v) is 3.04. The average molecular weight is 276 g/mol. The summed E-state index contributed by atoms with van der Waals surface area (Å²) in [5.74, 6) is -1.71. The van der Waals surface area contributed by atoms with Gasteiger partial charge in [-0.25, -0.2) is 4.39 Å². The maximum absolute atomic E-state index is 13.5. The van der Waals surface area contributed by atoms with E-state index in [0.717, 1.165) is 0 Å². The lowest BCUT2D eigenvalue weighted by Crippen LogP contribution is -2.32. The van der Waals surface area contributed by atoms with Crippen LogP contribution in [0, 0.1) is 5.82 Å². The molecule has 2 N–H and O–H groups in total. The van der Waals surface area contributed by atoms with Gasteiger partial charge in [0.15, 0.2) is 0 Å². The number of amides is 1. The number of likely N-dealkylation sites (tertiary alicyclic amines) is 1. The van der Waals surface area contributed by atoms with Crippen LogP contribution in [0.25, 0.3) is 0 Å². The highest BCUT2D eigenvalue weighted by Gasteiger charge is 2.33. The Kier molecular flexibility index (Phi) is 3.49. The van der Waals surface area contributed by atoms with Crippen molar-refractivity contribution < 1.29 is 22.4 Å². The highest BCUT2D eigenvalue weighted by atomic mass is 19.4. The molecule has 1 fully saturated rings. The summed E-state index contributed by atoms with van der Waals surface area (Å²) in [4.78, 5) is 13.2. The molecule has 1 aliphatic heterocycles. The van der Waals surface area contributed by atoms with E-state index in [1.807, 2.05) is 0 Å². The van der Waals surface area contributed by atoms with Crippen molar-refractivity contribution in [3.8, 4) is 0 Å². The van der Waals surface area contributed by atoms with Gasteiger partial charge >= 0.3 is 6.18 Å². The minimum Gasteiger partial charge on any atom is -0.337 e. The fraction of sp³-hybridized carbons (Fsp3) is 0.417. The summed E-state index contributed by atoms with van der Waals surface area (Å²) in [6, 6.07) is 1.60. The number of rotatable bonds is 1. The molecule has 2 rings (SSSR count). The molecule has 1 amide bonds. The van der Waals surface area contributed by atoms with E-state index < -0.39 is 29.0 Å². The van der Waals surface area contributed by atoms with E-state index in [0.29, 0.717) is 31.2 Å². The van der Waals surface area contributed by atoms with Crippen molar-refractivity contribution in [2.45, 2.75) is 18.6 Å². The first kappa shape index (κ1) is 13.8. The summed E-state index contributed by atoms with van der Waals surface area (Å²) >= 11 is 0. The van der Waals surface area contributed by atoms with Crippen molar-refractivity contribution in [1.29, 1.82) is 0 Å². The Morgan fingerprint density at radius 1 is 1.37 bits per heavy atom. The molecular weight excluding hydrogens is 264 g/mol. The number of benzene rings is 1. The average Bonchev–Trinajstić information content (AvgIpc) is 2.74. The number of halogens is 4. The smallest absolute Gasteiger partial charge is 0.337 e. The molecule has 0 aromatic heterocycles. The minimum absolute atomic E-state index is 0.210. The van der Waals surface area contributed by atoms with Gasteiger partial charge in [0.1, 0.15) is 5.82 Å². The maximum Gasteiger partial charge on any atom is 0.416 e. The zero-order chi connectivity index (χ0) is 14.2. The van der Waals surface area contributed by atoms with Gasteiger partial charge in [-0.1, -0.05) is 0 Å². The summed E-state index contributed by atoms with van der Waals surface area (Å²) in [7, 11) is 0. The third-order valence-electron chi connectivity index (χ3n) is 3.04. The molecule has 1 aromatic rings. The predicted octanol–water partition coefficient (Wildman–Crippen LogP) is 2.02. The fourth-order valence-corrected chi connectivity index (χ4v) is 2.01. The monoisotopic (exact) mass is 276 g/mol. The van der Waals surface area contributed by atoms with Crippen LogP contribution in [0.5, 0.6) is 0 Å². The van der Waals surface area contributed by atoms with Gasteiger partial charge in [0.25, 0.3) is 5.91 Å². The molecule has 1 aliphatic rings. The van der Waals surface area contributed by atoms with Crippen LogP contribution in [-0.4, -0.2) is 29.9 Å². The standard InChI is InChI=1S/C12H12F4N2O/c13-10-2-1-7(12(14,15)16)5-9(10)11(19)18-4-3-8(17)6-18/h1-2,5,8H,3-4,6,17H2/t8-/m1/s1. The molecule has 3 nitrogen and oxygen atoms in total. The van der Waals surface area contributed by atoms with E-state index in [9.17, 15) is 22.4 Å². The van der Waals surface area contributed by atoms with E-state index in [1.165, 1.54) is 4.90 Å². The van der Waals surface area contributed by atoms with E-state index >= 15 is 0 Å². The Morgan fingerprint density at radius 2 is 2.05 bits per heavy atom. The summed E-state index contributed by atoms with van der Waals surface area (Å²) in [6.45, 7) is 0.560. The number of alkyl halides is 3. The van der Waals surface area contributed by atoms with Crippen molar-refractivity contribution >= 4 is 5.91 Å². The summed E-state index contributed by atoms with van der Waals surface area (Å²) in [5, 5.41) is 0. The predicted molar refractivity (Wildman–Crippen MR) is 59.9 cm³/mol. The Bertz CT molecular complexity index is 501. The molecule has 0 saturated carbocycles. The molecule has 0 bridgehead atoms. The first-order valence-electron chi connectivity index (χ1n) is 5.70. The van der Waals surface area contributed by atoms with Crippen LogP contribution in [0.3, 0.4) is 0 Å². The summed E-state index contributed by atoms with van der Waals surface area (Å²) < 4.78 is 51.1. The van der Waals surface area contributed by atoms with Crippen LogP contribution in [0.2, 0.25) is 0 Å². The minimum atomic E-state index is -4.61. The largest absolute Gasteiger partial charge is 0.416 e. The van der Waals surface area contributed by atoms with Gasteiger partial charge in [-0.15, -0.1) is 0 Å². The Morgan fingerprint density at radius 3 is 2.58 bits per heavy atom. The lowest BCUT2D eigenvalue weighted by atomic mass is 10.1. The fourth-order valence-electron chi connectivity index (χ4n) is 2.01. The first-order valence-corrected chi connectivity index (χ1v) is 5.70. The molecule has 0 unspecified atom stereocenters. The van der Waals surface area contributed by atoms with E-state index in [1.54, 1.807) is 0 Å². The van der Waals surface area contributed by atoms with Crippen molar-refractivity contribution in [3.05, 3.63) is 35.1 Å². The zero-order valence-electron chi connectivity index (χ0n) is 9.88. The van der Waals surface area contributed by atoms with Crippen molar-refractivity contribution in [1.82, 2.24) is 4.90 Å². The number of hydrogen-bond donors (Lipinski definition) is 1. The normalized spacial score (nSPS) is 19.8. The third kappa shape index (κ3) is 2.86. The molecule has 19 heavy (non-hydrogen) atoms. The number of carbonyl (C=O) groups excluding carboxylic acids is 1. The summed E-state index contributed by atoms with van der Waals surface area (Å²) in [5.41, 5.74) is 4.00. The molecule has 104 valence electrons. The van der Waals surface area contributed by atoms with Gasteiger partial charge in [-0.2, -0.15) is 13.2 Å². The van der Waals surface area contributed by atoms with Crippen molar-refractivity contribution in [2.75, 3.05) is 13.1 Å². The molecule has 1 saturated heterocycles. The van der Waals surface area contributed by atoms with Crippen LogP contribution < -0.4 is 5.73 Å². The molecule has 1 heterocycles. The second-order valence-corrected chi connectivity index (χ2v) is 4.49. The molecule has 1 atom stereocenters. The lowest BCUT2D eigenvalue weighted by molar-refractivity contribution is -0.137. The van der Waals surface area contributed by atoms with Crippen LogP contribution in [0.1, 0.15) is 22.3 Å². The second-order valence-electron chi connectivity index (χ2n) is 4.49. The molecule has 1 aromatic carbocycles. The number of nitrogens with zero attached hydrogens (tertiary/aromatic N) is 1. The topological polar surface area (TPSA) is 46.3 Å². The summed E-state index contributed by atoms with van der Waals surface area (Å²) in [6.07, 6.45) is -4.05. The quantitative estimate of drug-likeness (QED) is 0.798. The van der Waals surface area contributed by atoms with Crippen LogP contribution in [0.4, 0.5) is 17.6 Å². The maximum atomic E-state index is 13.5. The Balaban J connectivity index is 2.31. The van der Waals surface area contributed by atoms with Crippen molar-refractivity contribution in [3.63, 3.8) is 0 Å². The first-order chi connectivity index (χ1) is 8.79. The van der Waals surface area contributed by atoms with Crippen molar-refractivity contribution in [2.24, 2.45) is 5.73 Å². The molecule has 0 aliphatic carbocycles. The lowest BCUT2D eigenvalue weighted by Gasteiger charge is -2.17. The van der Waals surface area contributed by atoms with Gasteiger partial charge in [0.2, 0.25) is 0 Å². The van der Waals surface area contributed by atoms with Gasteiger partial charge in [-0.3, -0.25) is 4.79 Å². The van der Waals surface area contributed by atoms with E-state index in [-0.39, 0.29) is 12.6 Å². The number of nitrogens with two attached hydrogens (primary N) is 1. The second kappa shape index (κ2) is 4.80. The highest BCUT2D eigenvalue weighted by molar-refractivity contribution is 5.95. The van der Waals surface area contributed by atoms with Crippen LogP contribution in [0.15, 0.2) is 18.2 Å². The van der Waals surface area contributed by atoms with Gasteiger partial charge in [-0.05, 0) is 24.6 Å². The van der Waals surface area contributed by atoms with E-state index in [4.69, 9.17) is 5.73 Å². The molecule has 7 heteroatoms. The molecule has 0 spiro atoms. The molecule has 0 radical (unpaired) electrons. The van der Waals surface area contributed by atoms with Gasteiger partial charge < -0.3 is 10.6 Å². The number of carbonyl (C=O) groups is 1. The Hall–Kier alpha value is -1.63. The van der Waals surface area contributed by atoms with Crippen LogP contribution >= 0.6 is 0 Å². The van der Waals surface area contributed by atoms with Gasteiger partial charge in [0.05, 0.1) is 11.1 Å². The Labute approximate surface area is 107 Å². The zero-order valence-corrected chi connectivity index (χ0v) is 9.88. The SMILES string of the molecule is N[C@@H]1CCN(C(=O)c2cc(C(F)(F)F)ccc2F)C1. The van der Waals surface area contributed by atoms with E-state index in [2.05, 4.69) is 0 Å². The van der Waals surface area contributed by atoms with Gasteiger partial charge in [0, 0.05) is 19.1 Å². The van der Waals surface area contributed by atoms with Crippen LogP contribution in [-0.2, 0) is 6.18 Å². The number of hydrogen-bond acceptors (Lipinski definition) is 2. The highest BCUT2D eigenvalue weighted by Crippen LogP contribution is 2.30.